The zero-order chi connectivity index (χ0) is 34.2. The average Bonchev–Trinajstić information content (AvgIpc) is 2.95. The minimum atomic E-state index is -2.01. The van der Waals surface area contributed by atoms with E-state index >= 15 is 0 Å². The van der Waals surface area contributed by atoms with Gasteiger partial charge in [0.15, 0.2) is 17.9 Å². The van der Waals surface area contributed by atoms with Crippen molar-refractivity contribution >= 4 is 11.6 Å². The lowest BCUT2D eigenvalue weighted by molar-refractivity contribution is -0.326. The Bertz CT molecular complexity index is 841. The van der Waals surface area contributed by atoms with Gasteiger partial charge in [-0.2, -0.15) is 0 Å². The number of hydrogen-bond acceptors (Lipinski definition) is 17. The fourth-order valence-electron chi connectivity index (χ4n) is 3.74. The summed E-state index contributed by atoms with van der Waals surface area (Å²) < 4.78 is 10.3. The van der Waals surface area contributed by atoms with Crippen molar-refractivity contribution in [2.24, 2.45) is 10.8 Å². The van der Waals surface area contributed by atoms with Crippen molar-refractivity contribution in [3.05, 3.63) is 0 Å². The zero-order valence-electron chi connectivity index (χ0n) is 25.1. The number of aliphatic hydroxyl groups is 13. The van der Waals surface area contributed by atoms with Gasteiger partial charge in [0.2, 0.25) is 0 Å². The molecule has 0 aliphatic carbocycles. The zero-order valence-corrected chi connectivity index (χ0v) is 25.1. The monoisotopic (exact) mass is 634 g/mol. The van der Waals surface area contributed by atoms with Gasteiger partial charge in [0.25, 0.3) is 0 Å². The molecule has 1 fully saturated rings. The highest BCUT2D eigenvalue weighted by Gasteiger charge is 2.48. The molecule has 1 aliphatic heterocycles. The second kappa shape index (κ2) is 17.4. The molecule has 0 saturated carbocycles. The lowest BCUT2D eigenvalue weighted by Gasteiger charge is -2.42. The van der Waals surface area contributed by atoms with Crippen LogP contribution in [0, 0.1) is 10.8 Å². The van der Waals surface area contributed by atoms with Crippen LogP contribution in [0.25, 0.3) is 0 Å². The number of Topliss-reactive ketones (excluding diaryl/α,β-unsaturated/α-hetero) is 2. The second-order valence-corrected chi connectivity index (χ2v) is 12.4. The summed E-state index contributed by atoms with van der Waals surface area (Å²) in [4.78, 5) is 23.7. The third-order valence-corrected chi connectivity index (χ3v) is 6.64. The highest BCUT2D eigenvalue weighted by atomic mass is 16.7. The largest absolute Gasteiger partial charge is 0.394 e. The minimum Gasteiger partial charge on any atom is -0.394 e. The first-order valence-electron chi connectivity index (χ1n) is 13.5. The van der Waals surface area contributed by atoms with E-state index in [1.165, 1.54) is 20.8 Å². The molecule has 0 spiro atoms. The van der Waals surface area contributed by atoms with E-state index in [2.05, 4.69) is 0 Å². The van der Waals surface area contributed by atoms with E-state index in [1.807, 2.05) is 0 Å². The molecule has 13 N–H and O–H groups in total. The van der Waals surface area contributed by atoms with Crippen LogP contribution in [0.15, 0.2) is 0 Å². The van der Waals surface area contributed by atoms with Crippen LogP contribution < -0.4 is 0 Å². The SMILES string of the molecule is CC(C)(C)C(=O)[C@H](O)[C@@H](O)[C@H](O)[C@H](O)CO.CC(C)(C)C(=O)[C@H](O)[C@@H](O)[C@H](OC1O[C@H](CO)[C@H](O)[C@H](O)[C@H]1O)[C@H](O)CO. The average molecular weight is 635 g/mol. The molecule has 0 aromatic heterocycles. The first-order valence-corrected chi connectivity index (χ1v) is 13.5. The van der Waals surface area contributed by atoms with Crippen molar-refractivity contribution in [3.8, 4) is 0 Å². The Kier molecular flexibility index (Phi) is 16.9. The van der Waals surface area contributed by atoms with Crippen LogP contribution in [-0.2, 0) is 19.1 Å². The van der Waals surface area contributed by atoms with Crippen LogP contribution in [0.1, 0.15) is 41.5 Å². The number of ketones is 2. The predicted molar refractivity (Wildman–Crippen MR) is 144 cm³/mol. The molecule has 1 unspecified atom stereocenters. The molecular formula is C26H50O17. The molecule has 17 heteroatoms. The van der Waals surface area contributed by atoms with Crippen molar-refractivity contribution in [1.29, 1.82) is 0 Å². The van der Waals surface area contributed by atoms with Gasteiger partial charge in [0.1, 0.15) is 73.2 Å². The van der Waals surface area contributed by atoms with Gasteiger partial charge in [-0.15, -0.1) is 0 Å². The Labute approximate surface area is 249 Å². The number of carbonyl (C=O) groups excluding carboxylic acids is 2. The van der Waals surface area contributed by atoms with Crippen LogP contribution in [0.5, 0.6) is 0 Å². The van der Waals surface area contributed by atoms with Crippen LogP contribution >= 0.6 is 0 Å². The molecular weight excluding hydrogens is 584 g/mol. The summed E-state index contributed by atoms with van der Waals surface area (Å²) in [5, 5.41) is 124. The fourth-order valence-corrected chi connectivity index (χ4v) is 3.74. The Morgan fingerprint density at radius 1 is 0.651 bits per heavy atom. The van der Waals surface area contributed by atoms with E-state index in [0.717, 1.165) is 0 Å². The fraction of sp³-hybridized carbons (Fsp3) is 0.923. The first kappa shape index (κ1) is 41.7. The van der Waals surface area contributed by atoms with Crippen LogP contribution in [0.2, 0.25) is 0 Å². The molecule has 0 aromatic rings. The third-order valence-electron chi connectivity index (χ3n) is 6.64. The Hall–Kier alpha value is -1.26. The molecule has 0 aromatic carbocycles. The van der Waals surface area contributed by atoms with Gasteiger partial charge in [-0.3, -0.25) is 9.59 Å². The number of aliphatic hydroxyl groups excluding tert-OH is 13. The molecule has 256 valence electrons. The highest BCUT2D eigenvalue weighted by Crippen LogP contribution is 2.26. The van der Waals surface area contributed by atoms with E-state index in [9.17, 15) is 65.8 Å². The topological polar surface area (TPSA) is 316 Å². The normalized spacial score (nSPS) is 28.8. The summed E-state index contributed by atoms with van der Waals surface area (Å²) in [6, 6.07) is 0. The molecule has 0 radical (unpaired) electrons. The summed E-state index contributed by atoms with van der Waals surface area (Å²) in [6.45, 7) is 6.75. The van der Waals surface area contributed by atoms with E-state index in [0.29, 0.717) is 0 Å². The number of ether oxygens (including phenoxy) is 2. The highest BCUT2D eigenvalue weighted by molar-refractivity contribution is 5.88. The van der Waals surface area contributed by atoms with Crippen molar-refractivity contribution in [3.63, 3.8) is 0 Å². The summed E-state index contributed by atoms with van der Waals surface area (Å²) >= 11 is 0. The van der Waals surface area contributed by atoms with E-state index in [4.69, 9.17) is 19.7 Å². The van der Waals surface area contributed by atoms with Crippen LogP contribution in [-0.4, -0.2) is 177 Å². The van der Waals surface area contributed by atoms with Crippen molar-refractivity contribution in [2.45, 2.75) is 121 Å². The number of hydrogen-bond donors (Lipinski definition) is 13. The Balaban J connectivity index is 0.000000942. The molecule has 17 nitrogen and oxygen atoms in total. The second-order valence-electron chi connectivity index (χ2n) is 12.4. The summed E-state index contributed by atoms with van der Waals surface area (Å²) in [6.07, 6.45) is -22.9. The van der Waals surface area contributed by atoms with Gasteiger partial charge in [-0.25, -0.2) is 0 Å². The lowest BCUT2D eigenvalue weighted by Crippen LogP contribution is -2.62. The van der Waals surface area contributed by atoms with Gasteiger partial charge >= 0.3 is 0 Å². The van der Waals surface area contributed by atoms with E-state index in [-0.39, 0.29) is 0 Å². The van der Waals surface area contributed by atoms with Crippen LogP contribution in [0.4, 0.5) is 0 Å². The maximum Gasteiger partial charge on any atom is 0.187 e. The lowest BCUT2D eigenvalue weighted by atomic mass is 9.84. The van der Waals surface area contributed by atoms with Gasteiger partial charge in [0, 0.05) is 10.8 Å². The molecule has 13 atom stereocenters. The van der Waals surface area contributed by atoms with Crippen LogP contribution in [0.3, 0.4) is 0 Å². The molecule has 0 bridgehead atoms. The predicted octanol–water partition coefficient (Wildman–Crippen LogP) is -6.10. The smallest absolute Gasteiger partial charge is 0.187 e. The molecule has 0 amide bonds. The first-order chi connectivity index (χ1) is 19.5. The van der Waals surface area contributed by atoms with E-state index in [1.54, 1.807) is 20.8 Å². The Morgan fingerprint density at radius 2 is 1.07 bits per heavy atom. The molecule has 1 aliphatic rings. The van der Waals surface area contributed by atoms with Gasteiger partial charge in [0.05, 0.1) is 19.8 Å². The standard InChI is InChI=1S/C16H30O11.C10H20O6/c1-16(2,3)14(25)11(23)10(22)13(6(19)4-17)27-15-12(24)9(21)8(20)7(5-18)26-15;1-10(2,3)9(16)8(15)7(14)6(13)5(12)4-11/h6-13,15,17-24H,4-5H2,1-3H3;5-8,11-15H,4H2,1-3H3/t6-,7-,8+,9+,10-,11-,12-,13-,15?;5-,6-,7+,8-/m11/s1. The van der Waals surface area contributed by atoms with Crippen molar-refractivity contribution < 1.29 is 85.4 Å². The van der Waals surface area contributed by atoms with Gasteiger partial charge in [-0.1, -0.05) is 41.5 Å². The third kappa shape index (κ3) is 11.6. The summed E-state index contributed by atoms with van der Waals surface area (Å²) in [7, 11) is 0. The number of carbonyl (C=O) groups is 2. The van der Waals surface area contributed by atoms with E-state index < -0.39 is 122 Å². The quantitative estimate of drug-likeness (QED) is 0.0896. The van der Waals surface area contributed by atoms with Crippen molar-refractivity contribution in [2.75, 3.05) is 19.8 Å². The Morgan fingerprint density at radius 3 is 1.44 bits per heavy atom. The van der Waals surface area contributed by atoms with Gasteiger partial charge in [-0.05, 0) is 0 Å². The maximum absolute atomic E-state index is 12.2. The summed E-state index contributed by atoms with van der Waals surface area (Å²) in [5.41, 5.74) is -1.90. The molecule has 1 saturated heterocycles. The molecule has 43 heavy (non-hydrogen) atoms. The summed E-state index contributed by atoms with van der Waals surface area (Å²) in [5.74, 6) is -1.41. The maximum atomic E-state index is 12.2. The molecule has 1 heterocycles. The molecule has 1 rings (SSSR count). The van der Waals surface area contributed by atoms with Crippen molar-refractivity contribution in [1.82, 2.24) is 0 Å². The van der Waals surface area contributed by atoms with Gasteiger partial charge < -0.3 is 75.9 Å². The minimum absolute atomic E-state index is 0.649. The number of rotatable bonds is 13.